The molecule has 9 nitrogen and oxygen atoms in total. The second-order valence-electron chi connectivity index (χ2n) is 6.45. The number of hydrogen-bond donors (Lipinski definition) is 2. The second kappa shape index (κ2) is 10.1. The van der Waals surface area contributed by atoms with Gasteiger partial charge in [-0.2, -0.15) is 4.31 Å². The first-order valence-corrected chi connectivity index (χ1v) is 9.89. The molecule has 1 amide bonds. The van der Waals surface area contributed by atoms with Gasteiger partial charge in [-0.3, -0.25) is 4.79 Å². The highest BCUT2D eigenvalue weighted by Crippen LogP contribution is 2.18. The number of carbonyl (C=O) groups is 3. The molecule has 1 aliphatic heterocycles. The summed E-state index contributed by atoms with van der Waals surface area (Å²) in [7, 11) is -3.62. The van der Waals surface area contributed by atoms with Crippen molar-refractivity contribution in [3.8, 4) is 0 Å². The van der Waals surface area contributed by atoms with Gasteiger partial charge in [-0.05, 0) is 30.2 Å². The van der Waals surface area contributed by atoms with E-state index in [1.807, 2.05) is 13.8 Å². The van der Waals surface area contributed by atoms with Crippen molar-refractivity contribution < 1.29 is 37.4 Å². The minimum absolute atomic E-state index is 0.0637. The largest absolute Gasteiger partial charge is 0.473 e. The number of nitrogens with zero attached hydrogens (tertiary/aromatic N) is 2. The SMILES string of the molecule is CC(C)CC(=O)N1CCN(S(=O)(=O)c2ccc(F)cc2)CC1.O=C(O)C(=O)O. The normalized spacial score (nSPS) is 14.9. The Bertz CT molecular complexity index is 789. The number of carboxylic acids is 2. The van der Waals surface area contributed by atoms with Crippen LogP contribution in [0, 0.1) is 11.7 Å². The minimum atomic E-state index is -3.62. The molecular weight excluding hydrogens is 395 g/mol. The van der Waals surface area contributed by atoms with Crippen molar-refractivity contribution in [1.82, 2.24) is 9.21 Å². The molecule has 1 saturated heterocycles. The number of sulfonamides is 1. The predicted molar refractivity (Wildman–Crippen MR) is 96.5 cm³/mol. The number of halogens is 1. The van der Waals surface area contributed by atoms with Gasteiger partial charge in [0.2, 0.25) is 15.9 Å². The van der Waals surface area contributed by atoms with Gasteiger partial charge in [0, 0.05) is 32.6 Å². The molecule has 0 unspecified atom stereocenters. The lowest BCUT2D eigenvalue weighted by Crippen LogP contribution is -2.50. The topological polar surface area (TPSA) is 132 Å². The van der Waals surface area contributed by atoms with E-state index in [0.29, 0.717) is 19.5 Å². The third-order valence-electron chi connectivity index (χ3n) is 3.81. The third-order valence-corrected chi connectivity index (χ3v) is 5.72. The maximum atomic E-state index is 12.9. The molecule has 0 saturated carbocycles. The zero-order valence-corrected chi connectivity index (χ0v) is 16.4. The number of benzene rings is 1. The standard InChI is InChI=1S/C15H21FN2O3S.C2H2O4/c1-12(2)11-15(19)17-7-9-18(10-8-17)22(20,21)14-5-3-13(16)4-6-14;3-1(4)2(5)6/h3-6,12H,7-11H2,1-2H3;(H,3,4)(H,5,6). The van der Waals surface area contributed by atoms with Crippen molar-refractivity contribution in [3.63, 3.8) is 0 Å². The van der Waals surface area contributed by atoms with Gasteiger partial charge in [-0.25, -0.2) is 22.4 Å². The van der Waals surface area contributed by atoms with E-state index in [2.05, 4.69) is 0 Å². The summed E-state index contributed by atoms with van der Waals surface area (Å²) >= 11 is 0. The fourth-order valence-corrected chi connectivity index (χ4v) is 3.83. The van der Waals surface area contributed by atoms with Gasteiger partial charge in [0.15, 0.2) is 0 Å². The van der Waals surface area contributed by atoms with Crippen molar-refractivity contribution in [3.05, 3.63) is 30.1 Å². The lowest BCUT2D eigenvalue weighted by Gasteiger charge is -2.34. The zero-order chi connectivity index (χ0) is 21.5. The van der Waals surface area contributed by atoms with Crippen molar-refractivity contribution in [1.29, 1.82) is 0 Å². The Hall–Kier alpha value is -2.53. The van der Waals surface area contributed by atoms with E-state index >= 15 is 0 Å². The lowest BCUT2D eigenvalue weighted by atomic mass is 10.1. The molecule has 0 aromatic heterocycles. The molecule has 0 aliphatic carbocycles. The van der Waals surface area contributed by atoms with Crippen molar-refractivity contribution >= 4 is 27.9 Å². The Kier molecular flexibility index (Phi) is 8.51. The molecule has 28 heavy (non-hydrogen) atoms. The molecule has 0 bridgehead atoms. The molecule has 2 rings (SSSR count). The van der Waals surface area contributed by atoms with E-state index in [9.17, 15) is 17.6 Å². The van der Waals surface area contributed by atoms with Crippen LogP contribution in [0.2, 0.25) is 0 Å². The first-order chi connectivity index (χ1) is 12.9. The molecule has 1 aromatic rings. The summed E-state index contributed by atoms with van der Waals surface area (Å²) in [4.78, 5) is 32.0. The molecule has 1 aromatic carbocycles. The number of rotatable bonds is 4. The summed E-state index contributed by atoms with van der Waals surface area (Å²) in [5.41, 5.74) is 0. The van der Waals surface area contributed by atoms with E-state index in [-0.39, 0.29) is 29.8 Å². The summed E-state index contributed by atoms with van der Waals surface area (Å²) in [5, 5.41) is 14.8. The van der Waals surface area contributed by atoms with Crippen LogP contribution in [0.4, 0.5) is 4.39 Å². The van der Waals surface area contributed by atoms with Crippen LogP contribution in [0.15, 0.2) is 29.2 Å². The Morgan fingerprint density at radius 1 is 1.00 bits per heavy atom. The van der Waals surface area contributed by atoms with Crippen LogP contribution in [0.5, 0.6) is 0 Å². The van der Waals surface area contributed by atoms with Crippen LogP contribution in [-0.4, -0.2) is 71.9 Å². The quantitative estimate of drug-likeness (QED) is 0.693. The van der Waals surface area contributed by atoms with E-state index in [1.165, 1.54) is 16.4 Å². The summed E-state index contributed by atoms with van der Waals surface area (Å²) in [5.74, 6) is -3.77. The molecule has 1 fully saturated rings. The van der Waals surface area contributed by atoms with Gasteiger partial charge in [0.25, 0.3) is 0 Å². The average molecular weight is 418 g/mol. The summed E-state index contributed by atoms with van der Waals surface area (Å²) in [6.07, 6.45) is 0.477. The van der Waals surface area contributed by atoms with Gasteiger partial charge >= 0.3 is 11.9 Å². The van der Waals surface area contributed by atoms with Crippen molar-refractivity contribution in [2.24, 2.45) is 5.92 Å². The van der Waals surface area contributed by atoms with E-state index in [4.69, 9.17) is 19.8 Å². The van der Waals surface area contributed by atoms with Crippen LogP contribution in [0.1, 0.15) is 20.3 Å². The molecule has 0 radical (unpaired) electrons. The summed E-state index contributed by atoms with van der Waals surface area (Å²) in [6.45, 7) is 5.28. The molecule has 1 aliphatic rings. The lowest BCUT2D eigenvalue weighted by molar-refractivity contribution is -0.159. The minimum Gasteiger partial charge on any atom is -0.473 e. The Morgan fingerprint density at radius 3 is 1.86 bits per heavy atom. The Labute approximate surface area is 162 Å². The molecule has 11 heteroatoms. The second-order valence-corrected chi connectivity index (χ2v) is 8.39. The van der Waals surface area contributed by atoms with Crippen LogP contribution in [0.25, 0.3) is 0 Å². The maximum absolute atomic E-state index is 12.9. The van der Waals surface area contributed by atoms with Crippen LogP contribution < -0.4 is 0 Å². The van der Waals surface area contributed by atoms with E-state index in [0.717, 1.165) is 12.1 Å². The van der Waals surface area contributed by atoms with E-state index in [1.54, 1.807) is 4.90 Å². The van der Waals surface area contributed by atoms with Crippen molar-refractivity contribution in [2.75, 3.05) is 26.2 Å². The molecule has 156 valence electrons. The molecule has 0 spiro atoms. The molecular formula is C17H23FN2O7S. The number of hydrogen-bond acceptors (Lipinski definition) is 5. The molecule has 2 N–H and O–H groups in total. The molecule has 0 atom stereocenters. The molecule has 1 heterocycles. The highest BCUT2D eigenvalue weighted by Gasteiger charge is 2.30. The fraction of sp³-hybridized carbons (Fsp3) is 0.471. The third kappa shape index (κ3) is 6.89. The Balaban J connectivity index is 0.000000568. The first kappa shape index (κ1) is 23.5. The highest BCUT2D eigenvalue weighted by molar-refractivity contribution is 7.89. The summed E-state index contributed by atoms with van der Waals surface area (Å²) < 4.78 is 39.2. The number of piperazine rings is 1. The summed E-state index contributed by atoms with van der Waals surface area (Å²) in [6, 6.07) is 4.80. The van der Waals surface area contributed by atoms with Gasteiger partial charge in [0.05, 0.1) is 4.90 Å². The highest BCUT2D eigenvalue weighted by atomic mass is 32.2. The van der Waals surface area contributed by atoms with Gasteiger partial charge < -0.3 is 15.1 Å². The smallest absolute Gasteiger partial charge is 0.414 e. The monoisotopic (exact) mass is 418 g/mol. The maximum Gasteiger partial charge on any atom is 0.414 e. The predicted octanol–water partition coefficient (Wildman–Crippen LogP) is 0.860. The first-order valence-electron chi connectivity index (χ1n) is 8.44. The zero-order valence-electron chi connectivity index (χ0n) is 15.5. The average Bonchev–Trinajstić information content (AvgIpc) is 2.62. The Morgan fingerprint density at radius 2 is 1.46 bits per heavy atom. The van der Waals surface area contributed by atoms with Crippen LogP contribution in [0.3, 0.4) is 0 Å². The van der Waals surface area contributed by atoms with Gasteiger partial charge in [-0.1, -0.05) is 13.8 Å². The number of carboxylic acid groups (broad SMARTS) is 2. The van der Waals surface area contributed by atoms with Crippen molar-refractivity contribution in [2.45, 2.75) is 25.2 Å². The number of aliphatic carboxylic acids is 2. The van der Waals surface area contributed by atoms with Gasteiger partial charge in [0.1, 0.15) is 5.82 Å². The van der Waals surface area contributed by atoms with Gasteiger partial charge in [-0.15, -0.1) is 0 Å². The number of amides is 1. The fourth-order valence-electron chi connectivity index (χ4n) is 2.41. The van der Waals surface area contributed by atoms with Crippen LogP contribution >= 0.6 is 0 Å². The number of carbonyl (C=O) groups excluding carboxylic acids is 1. The van der Waals surface area contributed by atoms with E-state index < -0.39 is 27.8 Å². The van der Waals surface area contributed by atoms with Crippen LogP contribution in [-0.2, 0) is 24.4 Å².